The summed E-state index contributed by atoms with van der Waals surface area (Å²) in [7, 11) is 0. The summed E-state index contributed by atoms with van der Waals surface area (Å²) in [6.07, 6.45) is 2.49. The third kappa shape index (κ3) is 1.33. The molecule has 0 amide bonds. The fraction of sp³-hybridized carbons (Fsp3) is 0.556. The summed E-state index contributed by atoms with van der Waals surface area (Å²) in [6, 6.07) is 2.96. The Morgan fingerprint density at radius 1 is 1.73 bits per heavy atom. The van der Waals surface area contributed by atoms with Crippen molar-refractivity contribution in [2.45, 2.75) is 32.4 Å². The maximum Gasteiger partial charge on any atom is 0.0219 e. The molecule has 2 heteroatoms. The van der Waals surface area contributed by atoms with Gasteiger partial charge in [0.25, 0.3) is 0 Å². The van der Waals surface area contributed by atoms with Gasteiger partial charge < -0.3 is 5.32 Å². The maximum atomic E-state index is 3.52. The number of thiophene rings is 1. The first-order valence-corrected chi connectivity index (χ1v) is 5.06. The molecule has 2 rings (SSSR count). The largest absolute Gasteiger partial charge is 0.310 e. The minimum Gasteiger partial charge on any atom is -0.310 e. The number of fused-ring (bicyclic) bond motifs is 1. The lowest BCUT2D eigenvalue weighted by atomic mass is 10.0. The van der Waals surface area contributed by atoms with E-state index in [1.165, 1.54) is 18.4 Å². The SMILES string of the molecule is CCC1Cc2sccc2CN1. The molecule has 1 nitrogen and oxygen atoms in total. The fourth-order valence-corrected chi connectivity index (χ4v) is 2.53. The topological polar surface area (TPSA) is 12.0 Å². The van der Waals surface area contributed by atoms with Gasteiger partial charge in [0.15, 0.2) is 0 Å². The van der Waals surface area contributed by atoms with E-state index in [4.69, 9.17) is 0 Å². The zero-order valence-corrected chi connectivity index (χ0v) is 7.58. The molecule has 0 saturated heterocycles. The lowest BCUT2D eigenvalue weighted by molar-refractivity contribution is 0.473. The van der Waals surface area contributed by atoms with E-state index in [1.807, 2.05) is 11.3 Å². The molecule has 0 bridgehead atoms. The molecule has 1 aromatic heterocycles. The average molecular weight is 167 g/mol. The van der Waals surface area contributed by atoms with Gasteiger partial charge >= 0.3 is 0 Å². The summed E-state index contributed by atoms with van der Waals surface area (Å²) < 4.78 is 0. The summed E-state index contributed by atoms with van der Waals surface area (Å²) >= 11 is 1.90. The van der Waals surface area contributed by atoms with Crippen LogP contribution in [0.4, 0.5) is 0 Å². The molecule has 2 heterocycles. The van der Waals surface area contributed by atoms with E-state index in [9.17, 15) is 0 Å². The van der Waals surface area contributed by atoms with Crippen LogP contribution in [-0.2, 0) is 13.0 Å². The fourth-order valence-electron chi connectivity index (χ4n) is 1.54. The number of nitrogens with one attached hydrogen (secondary N) is 1. The summed E-state index contributed by atoms with van der Waals surface area (Å²) in [6.45, 7) is 3.33. The third-order valence-electron chi connectivity index (χ3n) is 2.34. The van der Waals surface area contributed by atoms with E-state index < -0.39 is 0 Å². The first kappa shape index (κ1) is 7.32. The second-order valence-electron chi connectivity index (χ2n) is 3.06. The summed E-state index contributed by atoms with van der Waals surface area (Å²) in [5, 5.41) is 5.72. The van der Waals surface area contributed by atoms with E-state index in [-0.39, 0.29) is 0 Å². The zero-order chi connectivity index (χ0) is 7.68. The van der Waals surface area contributed by atoms with Crippen molar-refractivity contribution in [3.05, 3.63) is 21.9 Å². The molecule has 0 saturated carbocycles. The molecule has 0 aliphatic carbocycles. The Morgan fingerprint density at radius 2 is 2.64 bits per heavy atom. The molecule has 1 aromatic rings. The van der Waals surface area contributed by atoms with Crippen LogP contribution in [0.15, 0.2) is 11.4 Å². The second kappa shape index (κ2) is 2.95. The summed E-state index contributed by atoms with van der Waals surface area (Å²) in [4.78, 5) is 1.59. The van der Waals surface area contributed by atoms with Gasteiger partial charge in [-0.25, -0.2) is 0 Å². The van der Waals surface area contributed by atoms with Crippen molar-refractivity contribution < 1.29 is 0 Å². The van der Waals surface area contributed by atoms with Gasteiger partial charge in [0.05, 0.1) is 0 Å². The Kier molecular flexibility index (Phi) is 1.96. The highest BCUT2D eigenvalue weighted by Gasteiger charge is 2.16. The van der Waals surface area contributed by atoms with Crippen LogP contribution >= 0.6 is 11.3 Å². The zero-order valence-electron chi connectivity index (χ0n) is 6.76. The van der Waals surface area contributed by atoms with Gasteiger partial charge in [-0.3, -0.25) is 0 Å². The first-order chi connectivity index (χ1) is 5.40. The molecule has 0 aromatic carbocycles. The van der Waals surface area contributed by atoms with Gasteiger partial charge in [-0.15, -0.1) is 11.3 Å². The first-order valence-electron chi connectivity index (χ1n) is 4.18. The third-order valence-corrected chi connectivity index (χ3v) is 3.33. The summed E-state index contributed by atoms with van der Waals surface area (Å²) in [5.74, 6) is 0. The molecule has 1 unspecified atom stereocenters. The molecule has 1 atom stereocenters. The molecule has 1 N–H and O–H groups in total. The highest BCUT2D eigenvalue weighted by atomic mass is 32.1. The van der Waals surface area contributed by atoms with Crippen LogP contribution in [0.1, 0.15) is 23.8 Å². The lowest BCUT2D eigenvalue weighted by Crippen LogP contribution is -2.33. The number of hydrogen-bond acceptors (Lipinski definition) is 2. The predicted octanol–water partition coefficient (Wildman–Crippen LogP) is 2.17. The molecule has 1 aliphatic rings. The second-order valence-corrected chi connectivity index (χ2v) is 4.06. The van der Waals surface area contributed by atoms with Crippen molar-refractivity contribution in [3.8, 4) is 0 Å². The highest BCUT2D eigenvalue weighted by Crippen LogP contribution is 2.22. The Morgan fingerprint density at radius 3 is 3.45 bits per heavy atom. The van der Waals surface area contributed by atoms with E-state index in [1.54, 1.807) is 4.88 Å². The predicted molar refractivity (Wildman–Crippen MR) is 48.9 cm³/mol. The van der Waals surface area contributed by atoms with Gasteiger partial charge in [-0.1, -0.05) is 6.92 Å². The molecule has 60 valence electrons. The molecule has 0 fully saturated rings. The van der Waals surface area contributed by atoms with Crippen LogP contribution in [0.3, 0.4) is 0 Å². The van der Waals surface area contributed by atoms with E-state index in [0.29, 0.717) is 0 Å². The van der Waals surface area contributed by atoms with E-state index in [0.717, 1.165) is 12.6 Å². The quantitative estimate of drug-likeness (QED) is 0.676. The Hall–Kier alpha value is -0.340. The van der Waals surface area contributed by atoms with Crippen molar-refractivity contribution >= 4 is 11.3 Å². The van der Waals surface area contributed by atoms with Gasteiger partial charge in [0, 0.05) is 17.5 Å². The van der Waals surface area contributed by atoms with Crippen molar-refractivity contribution in [1.82, 2.24) is 5.32 Å². The minimum atomic E-state index is 0.723. The molecular weight excluding hydrogens is 154 g/mol. The van der Waals surface area contributed by atoms with Crippen molar-refractivity contribution in [2.24, 2.45) is 0 Å². The highest BCUT2D eigenvalue weighted by molar-refractivity contribution is 7.10. The van der Waals surface area contributed by atoms with Crippen molar-refractivity contribution in [3.63, 3.8) is 0 Å². The van der Waals surface area contributed by atoms with Crippen LogP contribution in [0.25, 0.3) is 0 Å². The number of hydrogen-bond donors (Lipinski definition) is 1. The van der Waals surface area contributed by atoms with Crippen molar-refractivity contribution in [2.75, 3.05) is 0 Å². The van der Waals surface area contributed by atoms with Gasteiger partial charge in [-0.2, -0.15) is 0 Å². The molecular formula is C9H13NS. The van der Waals surface area contributed by atoms with Crippen LogP contribution < -0.4 is 5.32 Å². The summed E-state index contributed by atoms with van der Waals surface area (Å²) in [5.41, 5.74) is 1.51. The van der Waals surface area contributed by atoms with Crippen LogP contribution in [0, 0.1) is 0 Å². The Labute approximate surface area is 71.4 Å². The lowest BCUT2D eigenvalue weighted by Gasteiger charge is -2.22. The van der Waals surface area contributed by atoms with Gasteiger partial charge in [-0.05, 0) is 29.9 Å². The molecule has 0 radical (unpaired) electrons. The van der Waals surface area contributed by atoms with Crippen LogP contribution in [0.5, 0.6) is 0 Å². The van der Waals surface area contributed by atoms with Gasteiger partial charge in [0.1, 0.15) is 0 Å². The maximum absolute atomic E-state index is 3.52. The van der Waals surface area contributed by atoms with E-state index in [2.05, 4.69) is 23.7 Å². The smallest absolute Gasteiger partial charge is 0.0219 e. The minimum absolute atomic E-state index is 0.723. The Bertz CT molecular complexity index is 241. The average Bonchev–Trinajstić information content (AvgIpc) is 2.50. The van der Waals surface area contributed by atoms with Gasteiger partial charge in [0.2, 0.25) is 0 Å². The molecule has 11 heavy (non-hydrogen) atoms. The Balaban J connectivity index is 2.18. The monoisotopic (exact) mass is 167 g/mol. The van der Waals surface area contributed by atoms with Crippen molar-refractivity contribution in [1.29, 1.82) is 0 Å². The normalized spacial score (nSPS) is 23.2. The molecule has 1 aliphatic heterocycles. The number of rotatable bonds is 1. The van der Waals surface area contributed by atoms with Crippen LogP contribution in [-0.4, -0.2) is 6.04 Å². The van der Waals surface area contributed by atoms with Crippen LogP contribution in [0.2, 0.25) is 0 Å². The van der Waals surface area contributed by atoms with E-state index >= 15 is 0 Å². The molecule has 0 spiro atoms. The standard InChI is InChI=1S/C9H13NS/c1-2-8-5-9-7(6-10-8)3-4-11-9/h3-4,8,10H,2,5-6H2,1H3.